The third-order valence-electron chi connectivity index (χ3n) is 6.01. The van der Waals surface area contributed by atoms with Gasteiger partial charge in [-0.15, -0.1) is 0 Å². The van der Waals surface area contributed by atoms with Crippen molar-refractivity contribution in [2.45, 2.75) is 79.1 Å². The van der Waals surface area contributed by atoms with E-state index in [0.717, 1.165) is 30.7 Å². The van der Waals surface area contributed by atoms with Crippen molar-refractivity contribution in [1.29, 1.82) is 0 Å². The molecule has 0 saturated heterocycles. The van der Waals surface area contributed by atoms with Crippen LogP contribution in [-0.2, 0) is 0 Å². The van der Waals surface area contributed by atoms with E-state index >= 15 is 0 Å². The maximum absolute atomic E-state index is 3.77. The molecule has 0 rings (SSSR count). The van der Waals surface area contributed by atoms with Crippen molar-refractivity contribution in [3.05, 3.63) is 50.6 Å². The average molecular weight is 492 g/mol. The molecule has 0 atom stereocenters. The smallest absolute Gasteiger partial charge is 0.0978 e. The Morgan fingerprint density at radius 3 is 0.812 bits per heavy atom. The van der Waals surface area contributed by atoms with E-state index in [1.165, 1.54) is 82.0 Å². The Balaban J connectivity index is -0.000000238. The first-order valence-electron chi connectivity index (χ1n) is 12.6. The second kappa shape index (κ2) is 26.7. The second-order valence-corrected chi connectivity index (χ2v) is 8.88. The predicted octanol–water partition coefficient (Wildman–Crippen LogP) is 1.56. The van der Waals surface area contributed by atoms with Crippen LogP contribution in [0.15, 0.2) is 50.6 Å². The van der Waals surface area contributed by atoms with Gasteiger partial charge in [0.15, 0.2) is 0 Å². The molecule has 0 aliphatic heterocycles. The molecule has 0 radical (unpaired) electrons. The first kappa shape index (κ1) is 38.7. The number of quaternary nitrogens is 2. The summed E-state index contributed by atoms with van der Waals surface area (Å²) in [6.45, 7) is 33.9. The van der Waals surface area contributed by atoms with E-state index in [0.29, 0.717) is 0 Å². The molecule has 4 heteroatoms. The number of hydrogen-bond donors (Lipinski definition) is 0. The lowest BCUT2D eigenvalue weighted by Crippen LogP contribution is -3.00. The summed E-state index contributed by atoms with van der Waals surface area (Å²) in [5, 5.41) is 0. The average Bonchev–Trinajstić information content (AvgIpc) is 2.74. The van der Waals surface area contributed by atoms with Crippen LogP contribution in [0.2, 0.25) is 0 Å². The van der Waals surface area contributed by atoms with Crippen LogP contribution in [0.25, 0.3) is 0 Å². The van der Waals surface area contributed by atoms with Gasteiger partial charge in [0.25, 0.3) is 0 Å². The van der Waals surface area contributed by atoms with Crippen molar-refractivity contribution in [2.75, 3.05) is 52.4 Å². The van der Waals surface area contributed by atoms with Gasteiger partial charge in [-0.1, -0.05) is 79.7 Å². The largest absolute Gasteiger partial charge is 1.00 e. The third-order valence-corrected chi connectivity index (χ3v) is 6.01. The molecule has 0 amide bonds. The second-order valence-electron chi connectivity index (χ2n) is 8.88. The van der Waals surface area contributed by atoms with Gasteiger partial charge < -0.3 is 33.8 Å². The van der Waals surface area contributed by atoms with E-state index in [1.807, 2.05) is 24.3 Å². The third kappa shape index (κ3) is 19.0. The predicted molar refractivity (Wildman–Crippen MR) is 140 cm³/mol. The summed E-state index contributed by atoms with van der Waals surface area (Å²) >= 11 is 0. The summed E-state index contributed by atoms with van der Waals surface area (Å²) in [6, 6.07) is 0. The maximum Gasteiger partial charge on any atom is 0.0978 e. The minimum absolute atomic E-state index is 0. The summed E-state index contributed by atoms with van der Waals surface area (Å²) < 4.78 is 2.32. The lowest BCUT2D eigenvalue weighted by molar-refractivity contribution is -0.929. The van der Waals surface area contributed by atoms with Gasteiger partial charge in [-0.2, -0.15) is 0 Å². The van der Waals surface area contributed by atoms with Gasteiger partial charge in [0.2, 0.25) is 0 Å². The number of halogens is 2. The number of unbranched alkanes of at least 4 members (excludes halogenated alkanes) is 4. The van der Waals surface area contributed by atoms with Gasteiger partial charge in [0.1, 0.15) is 0 Å². The minimum Gasteiger partial charge on any atom is -1.00 e. The molecule has 0 aromatic rings. The molecule has 0 aliphatic carbocycles. The van der Waals surface area contributed by atoms with Crippen LogP contribution < -0.4 is 24.8 Å². The quantitative estimate of drug-likeness (QED) is 0.179. The highest BCUT2D eigenvalue weighted by Gasteiger charge is 2.24. The monoisotopic (exact) mass is 490 g/mol. The summed E-state index contributed by atoms with van der Waals surface area (Å²) in [5.41, 5.74) is 0. The highest BCUT2D eigenvalue weighted by molar-refractivity contribution is 4.79. The topological polar surface area (TPSA) is 0 Å². The molecule has 192 valence electrons. The van der Waals surface area contributed by atoms with Crippen LogP contribution in [0.3, 0.4) is 0 Å². The molecule has 0 bridgehead atoms. The molecular weight excluding hydrogens is 435 g/mol. The first-order valence-corrected chi connectivity index (χ1v) is 12.6. The molecule has 0 aromatic carbocycles. The first-order chi connectivity index (χ1) is 14.5. The Bertz CT molecular complexity index is 352. The van der Waals surface area contributed by atoms with Gasteiger partial charge in [0, 0.05) is 0 Å². The molecule has 0 aliphatic rings. The summed E-state index contributed by atoms with van der Waals surface area (Å²) in [5.74, 6) is 0. The van der Waals surface area contributed by atoms with E-state index in [4.69, 9.17) is 0 Å². The molecule has 32 heavy (non-hydrogen) atoms. The molecule has 0 spiro atoms. The van der Waals surface area contributed by atoms with Crippen LogP contribution in [0.4, 0.5) is 0 Å². The van der Waals surface area contributed by atoms with Crippen molar-refractivity contribution in [3.8, 4) is 0 Å². The molecule has 2 nitrogen and oxygen atoms in total. The van der Waals surface area contributed by atoms with Gasteiger partial charge in [-0.05, 0) is 50.0 Å². The Morgan fingerprint density at radius 1 is 0.438 bits per heavy atom. The van der Waals surface area contributed by atoms with Crippen LogP contribution >= 0.6 is 0 Å². The fraction of sp³-hybridized carbons (Fsp3) is 0.714. The van der Waals surface area contributed by atoms with E-state index in [9.17, 15) is 0 Å². The van der Waals surface area contributed by atoms with Gasteiger partial charge in [0.05, 0.1) is 52.4 Å². The van der Waals surface area contributed by atoms with Crippen molar-refractivity contribution in [1.82, 2.24) is 0 Å². The van der Waals surface area contributed by atoms with Crippen LogP contribution in [0.5, 0.6) is 0 Å². The SMILES string of the molecule is C=CC[N+](CC=C)(CC=C)CC=C.CCCC[N+](CCCC)(CCCC)CCCC.[Cl-].[Cl-]. The molecule has 0 N–H and O–H groups in total. The van der Waals surface area contributed by atoms with Crippen LogP contribution in [-0.4, -0.2) is 61.3 Å². The zero-order valence-electron chi connectivity index (χ0n) is 22.1. The minimum atomic E-state index is 0. The molecule has 0 saturated carbocycles. The highest BCUT2D eigenvalue weighted by Crippen LogP contribution is 2.16. The Hall–Kier alpha value is -0.540. The Morgan fingerprint density at radius 2 is 0.656 bits per heavy atom. The fourth-order valence-electron chi connectivity index (χ4n) is 4.19. The van der Waals surface area contributed by atoms with Crippen LogP contribution in [0, 0.1) is 0 Å². The number of nitrogens with zero attached hydrogens (tertiary/aromatic N) is 2. The normalized spacial score (nSPS) is 10.6. The Labute approximate surface area is 215 Å². The molecule has 0 fully saturated rings. The summed E-state index contributed by atoms with van der Waals surface area (Å²) in [7, 11) is 0. The van der Waals surface area contributed by atoms with Gasteiger partial charge in [-0.25, -0.2) is 0 Å². The van der Waals surface area contributed by atoms with Crippen molar-refractivity contribution in [3.63, 3.8) is 0 Å². The van der Waals surface area contributed by atoms with Crippen LogP contribution in [0.1, 0.15) is 79.1 Å². The fourth-order valence-corrected chi connectivity index (χ4v) is 4.19. The van der Waals surface area contributed by atoms with Crippen molar-refractivity contribution in [2.24, 2.45) is 0 Å². The molecule has 0 heterocycles. The number of rotatable bonds is 20. The van der Waals surface area contributed by atoms with Crippen molar-refractivity contribution < 1.29 is 33.8 Å². The van der Waals surface area contributed by atoms with E-state index < -0.39 is 0 Å². The summed E-state index contributed by atoms with van der Waals surface area (Å²) in [4.78, 5) is 0. The highest BCUT2D eigenvalue weighted by atomic mass is 35.5. The lowest BCUT2D eigenvalue weighted by Gasteiger charge is -2.39. The zero-order chi connectivity index (χ0) is 23.1. The van der Waals surface area contributed by atoms with Gasteiger partial charge >= 0.3 is 0 Å². The van der Waals surface area contributed by atoms with E-state index in [-0.39, 0.29) is 24.8 Å². The molecule has 0 aromatic heterocycles. The van der Waals surface area contributed by atoms with Gasteiger partial charge in [-0.3, -0.25) is 0 Å². The van der Waals surface area contributed by atoms with Crippen molar-refractivity contribution >= 4 is 0 Å². The molecule has 0 unspecified atom stereocenters. The van der Waals surface area contributed by atoms with E-state index in [2.05, 4.69) is 54.0 Å². The molecular formula is C28H56Cl2N2. The Kier molecular flexibility index (Phi) is 32.3. The van der Waals surface area contributed by atoms with E-state index in [1.54, 1.807) is 0 Å². The number of hydrogen-bond acceptors (Lipinski definition) is 0. The lowest BCUT2D eigenvalue weighted by atomic mass is 10.1. The zero-order valence-corrected chi connectivity index (χ0v) is 23.6. The summed E-state index contributed by atoms with van der Waals surface area (Å²) in [6.07, 6.45) is 18.8. The standard InChI is InChI=1S/C16H36N.C12H20N.2ClH/c1-5-9-13-17(14-10-6-2,15-11-7-3)16-12-8-4;1-5-9-13(10-6-2,11-7-3)12-8-4;;/h5-16H2,1-4H3;5-8H,1-4,9-12H2;2*1H/q2*+1;;/p-2. The maximum atomic E-state index is 3.77.